The van der Waals surface area contributed by atoms with Crippen molar-refractivity contribution in [1.82, 2.24) is 0 Å². The summed E-state index contributed by atoms with van der Waals surface area (Å²) in [5.74, 6) is -1.03. The van der Waals surface area contributed by atoms with Gasteiger partial charge in [-0.3, -0.25) is 14.4 Å². The lowest BCUT2D eigenvalue weighted by atomic mass is 9.39. The number of carbonyl (C=O) groups is 3. The number of hydrogen-bond donors (Lipinski definition) is 1. The Bertz CT molecular complexity index is 1040. The fraction of sp³-hybridized carbons (Fsp3) is 0.710. The van der Waals surface area contributed by atoms with Crippen LogP contribution >= 0.6 is 0 Å². The van der Waals surface area contributed by atoms with E-state index in [9.17, 15) is 19.5 Å². The molecule has 1 aliphatic heterocycles. The van der Waals surface area contributed by atoms with Gasteiger partial charge in [0.2, 0.25) is 0 Å². The average molecular weight is 499 g/mol. The van der Waals surface area contributed by atoms with E-state index in [2.05, 4.69) is 6.08 Å². The Morgan fingerprint density at radius 3 is 2.19 bits per heavy atom. The lowest BCUT2D eigenvalue weighted by Crippen LogP contribution is -2.70. The molecule has 2 aliphatic carbocycles. The standard InChI is InChI=1S/C31H46O5/c1-11-20(6)24(32)31-25(33)22(15-13-19(4)5)26-30(27(31)34,17-23(36-26)29(9,10)35)16-21(28(31,7)8)14-12-18(2)3/h12-13,20-21,23,35H,11,14-17H2,1-10H3. The first-order chi connectivity index (χ1) is 16.5. The molecule has 1 N–H and O–H groups in total. The molecule has 0 aromatic heterocycles. The summed E-state index contributed by atoms with van der Waals surface area (Å²) in [5, 5.41) is 10.9. The predicted octanol–water partition coefficient (Wildman–Crippen LogP) is 6.30. The fourth-order valence-electron chi connectivity index (χ4n) is 6.63. The molecule has 0 radical (unpaired) electrons. The normalized spacial score (nSPS) is 32.0. The van der Waals surface area contributed by atoms with Gasteiger partial charge in [0, 0.05) is 17.9 Å². The molecular formula is C31H46O5. The van der Waals surface area contributed by atoms with Gasteiger partial charge in [-0.25, -0.2) is 0 Å². The minimum absolute atomic E-state index is 0.0776. The first-order valence-corrected chi connectivity index (χ1v) is 13.5. The van der Waals surface area contributed by atoms with Crippen LogP contribution in [0.1, 0.15) is 101 Å². The third-order valence-electron chi connectivity index (χ3n) is 9.22. The second-order valence-electron chi connectivity index (χ2n) is 13.1. The van der Waals surface area contributed by atoms with Crippen molar-refractivity contribution >= 4 is 17.3 Å². The third-order valence-corrected chi connectivity index (χ3v) is 9.22. The first kappa shape index (κ1) is 28.6. The summed E-state index contributed by atoms with van der Waals surface area (Å²) in [5.41, 5.74) is -2.26. The summed E-state index contributed by atoms with van der Waals surface area (Å²) in [7, 11) is 0. The highest BCUT2D eigenvalue weighted by molar-refractivity contribution is 6.33. The van der Waals surface area contributed by atoms with Crippen molar-refractivity contribution in [1.29, 1.82) is 0 Å². The van der Waals surface area contributed by atoms with Crippen LogP contribution in [-0.4, -0.2) is 34.2 Å². The van der Waals surface area contributed by atoms with Crippen molar-refractivity contribution in [2.24, 2.45) is 28.1 Å². The smallest absolute Gasteiger partial charge is 0.184 e. The van der Waals surface area contributed by atoms with E-state index in [4.69, 9.17) is 4.74 Å². The van der Waals surface area contributed by atoms with E-state index in [0.717, 1.165) is 11.1 Å². The topological polar surface area (TPSA) is 80.7 Å². The lowest BCUT2D eigenvalue weighted by molar-refractivity contribution is -0.176. The number of rotatable bonds is 8. The highest BCUT2D eigenvalue weighted by Crippen LogP contribution is 2.68. The maximum Gasteiger partial charge on any atom is 0.184 e. The predicted molar refractivity (Wildman–Crippen MR) is 142 cm³/mol. The molecule has 5 atom stereocenters. The Balaban J connectivity index is 2.41. The summed E-state index contributed by atoms with van der Waals surface area (Å²) in [4.78, 5) is 43.8. The van der Waals surface area contributed by atoms with E-state index < -0.39 is 33.9 Å². The zero-order chi connectivity index (χ0) is 27.4. The minimum atomic E-state index is -1.76. The maximum atomic E-state index is 14.8. The van der Waals surface area contributed by atoms with Crippen molar-refractivity contribution in [3.63, 3.8) is 0 Å². The lowest BCUT2D eigenvalue weighted by Gasteiger charge is -2.59. The van der Waals surface area contributed by atoms with Crippen LogP contribution in [0.5, 0.6) is 0 Å². The molecule has 1 saturated carbocycles. The van der Waals surface area contributed by atoms with Crippen molar-refractivity contribution in [3.8, 4) is 0 Å². The molecule has 5 heteroatoms. The number of Topliss-reactive ketones (excluding diaryl/α,β-unsaturated/α-hetero) is 3. The van der Waals surface area contributed by atoms with Gasteiger partial charge in [0.05, 0.1) is 11.0 Å². The number of aliphatic hydroxyl groups is 1. The van der Waals surface area contributed by atoms with Gasteiger partial charge in [-0.2, -0.15) is 0 Å². The number of hydrogen-bond acceptors (Lipinski definition) is 5. The van der Waals surface area contributed by atoms with Crippen LogP contribution in [0.25, 0.3) is 0 Å². The van der Waals surface area contributed by atoms with Gasteiger partial charge in [-0.05, 0) is 78.6 Å². The quantitative estimate of drug-likeness (QED) is 0.314. The Morgan fingerprint density at radius 2 is 1.69 bits per heavy atom. The van der Waals surface area contributed by atoms with Crippen LogP contribution in [0.2, 0.25) is 0 Å². The van der Waals surface area contributed by atoms with Gasteiger partial charge in [-0.1, -0.05) is 51.0 Å². The summed E-state index contributed by atoms with van der Waals surface area (Å²) in [6.45, 7) is 19.0. The molecule has 0 aromatic carbocycles. The van der Waals surface area contributed by atoms with Gasteiger partial charge in [-0.15, -0.1) is 0 Å². The van der Waals surface area contributed by atoms with Gasteiger partial charge in [0.25, 0.3) is 0 Å². The van der Waals surface area contributed by atoms with E-state index in [1.165, 1.54) is 0 Å². The zero-order valence-electron chi connectivity index (χ0n) is 24.0. The van der Waals surface area contributed by atoms with Gasteiger partial charge in [0.1, 0.15) is 11.9 Å². The van der Waals surface area contributed by atoms with Crippen LogP contribution in [0, 0.1) is 28.1 Å². The number of fused-ring (bicyclic) bond motifs is 1. The van der Waals surface area contributed by atoms with E-state index >= 15 is 0 Å². The molecule has 5 nitrogen and oxygen atoms in total. The molecule has 36 heavy (non-hydrogen) atoms. The molecule has 2 bridgehead atoms. The molecule has 1 spiro atoms. The highest BCUT2D eigenvalue weighted by atomic mass is 16.5. The van der Waals surface area contributed by atoms with Crippen LogP contribution in [-0.2, 0) is 19.1 Å². The Morgan fingerprint density at radius 1 is 1.11 bits per heavy atom. The Labute approximate surface area is 217 Å². The molecule has 2 fully saturated rings. The summed E-state index contributed by atoms with van der Waals surface area (Å²) >= 11 is 0. The van der Waals surface area contributed by atoms with Crippen molar-refractivity contribution in [2.45, 2.75) is 113 Å². The molecule has 5 unspecified atom stereocenters. The van der Waals surface area contributed by atoms with Crippen LogP contribution < -0.4 is 0 Å². The number of ketones is 3. The summed E-state index contributed by atoms with van der Waals surface area (Å²) in [6.07, 6.45) is 5.83. The fourth-order valence-corrected chi connectivity index (χ4v) is 6.63. The number of carbonyl (C=O) groups excluding carboxylic acids is 3. The average Bonchev–Trinajstić information content (AvgIpc) is 3.15. The monoisotopic (exact) mass is 498 g/mol. The Kier molecular flexibility index (Phi) is 7.44. The van der Waals surface area contributed by atoms with E-state index in [1.54, 1.807) is 13.8 Å². The molecule has 1 heterocycles. The summed E-state index contributed by atoms with van der Waals surface area (Å²) in [6, 6.07) is 0. The van der Waals surface area contributed by atoms with Gasteiger partial charge < -0.3 is 9.84 Å². The molecule has 3 aliphatic rings. The minimum Gasteiger partial charge on any atom is -0.490 e. The zero-order valence-corrected chi connectivity index (χ0v) is 24.0. The molecule has 1 saturated heterocycles. The third kappa shape index (κ3) is 4.06. The molecule has 3 rings (SSSR count). The second-order valence-corrected chi connectivity index (χ2v) is 13.1. The van der Waals surface area contributed by atoms with Gasteiger partial charge >= 0.3 is 0 Å². The first-order valence-electron chi connectivity index (χ1n) is 13.5. The molecule has 0 amide bonds. The van der Waals surface area contributed by atoms with Crippen molar-refractivity contribution < 1.29 is 24.2 Å². The number of ether oxygens (including phenoxy) is 1. The highest BCUT2D eigenvalue weighted by Gasteiger charge is 2.77. The molecule has 200 valence electrons. The van der Waals surface area contributed by atoms with E-state index in [-0.39, 0.29) is 29.7 Å². The molecule has 0 aromatic rings. The Hall–Kier alpha value is -2.01. The summed E-state index contributed by atoms with van der Waals surface area (Å²) < 4.78 is 6.38. The second kappa shape index (κ2) is 9.38. The van der Waals surface area contributed by atoms with Crippen LogP contribution in [0.4, 0.5) is 0 Å². The molecular weight excluding hydrogens is 452 g/mol. The maximum absolute atomic E-state index is 14.8. The van der Waals surface area contributed by atoms with E-state index in [0.29, 0.717) is 37.0 Å². The number of allylic oxidation sites excluding steroid dienone is 6. The van der Waals surface area contributed by atoms with Crippen LogP contribution in [0.3, 0.4) is 0 Å². The van der Waals surface area contributed by atoms with E-state index in [1.807, 2.05) is 61.5 Å². The van der Waals surface area contributed by atoms with Gasteiger partial charge in [0.15, 0.2) is 22.8 Å². The SMILES string of the molecule is CCC(C)C(=O)C12C(=O)C(CC=C(C)C)=C3OC(C(C)(C)O)CC3(CC(CC=C(C)C)C1(C)C)C2=O. The van der Waals surface area contributed by atoms with Crippen LogP contribution in [0.15, 0.2) is 34.6 Å². The van der Waals surface area contributed by atoms with Crippen molar-refractivity contribution in [2.75, 3.05) is 0 Å². The largest absolute Gasteiger partial charge is 0.490 e. The van der Waals surface area contributed by atoms with Crippen molar-refractivity contribution in [3.05, 3.63) is 34.6 Å².